The first kappa shape index (κ1) is 29.8. The van der Waals surface area contributed by atoms with Crippen molar-refractivity contribution in [1.82, 2.24) is 4.68 Å². The maximum Gasteiger partial charge on any atom is 0.270 e. The van der Waals surface area contributed by atoms with Gasteiger partial charge >= 0.3 is 0 Å². The van der Waals surface area contributed by atoms with Crippen molar-refractivity contribution in [3.05, 3.63) is 147 Å². The fraction of sp³-hybridized carbons (Fsp3) is 0.205. The first-order chi connectivity index (χ1) is 22.1. The molecule has 2 heterocycles. The molecule has 230 valence electrons. The predicted molar refractivity (Wildman–Crippen MR) is 182 cm³/mol. The predicted octanol–water partition coefficient (Wildman–Crippen LogP) is 8.33. The molecular formula is C39H34ClN3O3. The van der Waals surface area contributed by atoms with Gasteiger partial charge in [-0.05, 0) is 60.2 Å². The lowest BCUT2D eigenvalue weighted by atomic mass is 9.74. The Labute approximate surface area is 273 Å². The average Bonchev–Trinajstić information content (AvgIpc) is 3.47. The number of aryl methyl sites for hydroxylation is 1. The third kappa shape index (κ3) is 5.23. The van der Waals surface area contributed by atoms with Crippen molar-refractivity contribution in [2.75, 3.05) is 10.3 Å². The molecule has 0 spiro atoms. The van der Waals surface area contributed by atoms with E-state index in [1.54, 1.807) is 28.9 Å². The van der Waals surface area contributed by atoms with Crippen molar-refractivity contribution in [2.45, 2.75) is 46.1 Å². The number of amides is 2. The minimum atomic E-state index is -0.752. The van der Waals surface area contributed by atoms with Gasteiger partial charge in [-0.3, -0.25) is 24.5 Å². The van der Waals surface area contributed by atoms with Crippen molar-refractivity contribution < 1.29 is 14.4 Å². The molecule has 1 aliphatic heterocycles. The number of benzene rings is 4. The molecule has 0 radical (unpaired) electrons. The maximum absolute atomic E-state index is 14.8. The van der Waals surface area contributed by atoms with Crippen LogP contribution in [0.4, 0.5) is 5.69 Å². The van der Waals surface area contributed by atoms with Gasteiger partial charge in [0.25, 0.3) is 5.91 Å². The molecule has 0 unspecified atom stereocenters. The van der Waals surface area contributed by atoms with Crippen LogP contribution >= 0.6 is 11.6 Å². The molecule has 2 aliphatic rings. The van der Waals surface area contributed by atoms with Gasteiger partial charge in [0, 0.05) is 39.4 Å². The number of aromatic nitrogens is 1. The summed E-state index contributed by atoms with van der Waals surface area (Å²) in [6.45, 7) is 6.53. The number of hydrogen-bond donors (Lipinski definition) is 1. The first-order valence-corrected chi connectivity index (χ1v) is 15.9. The summed E-state index contributed by atoms with van der Waals surface area (Å²) in [6.07, 6.45) is 0.873. The van der Waals surface area contributed by atoms with Crippen LogP contribution in [0.1, 0.15) is 74.8 Å². The number of ketones is 1. The summed E-state index contributed by atoms with van der Waals surface area (Å²) in [5.74, 6) is -1.20. The summed E-state index contributed by atoms with van der Waals surface area (Å²) in [7, 11) is 0. The molecule has 46 heavy (non-hydrogen) atoms. The highest BCUT2D eigenvalue weighted by Crippen LogP contribution is 2.50. The fourth-order valence-electron chi connectivity index (χ4n) is 6.98. The lowest BCUT2D eigenvalue weighted by Gasteiger charge is -2.30. The van der Waals surface area contributed by atoms with Gasteiger partial charge in [0.2, 0.25) is 5.91 Å². The van der Waals surface area contributed by atoms with E-state index in [0.717, 1.165) is 27.9 Å². The third-order valence-corrected chi connectivity index (χ3v) is 9.26. The van der Waals surface area contributed by atoms with Gasteiger partial charge < -0.3 is 4.90 Å². The van der Waals surface area contributed by atoms with Gasteiger partial charge in [-0.15, -0.1) is 0 Å². The van der Waals surface area contributed by atoms with Crippen LogP contribution in [0.25, 0.3) is 11.3 Å². The van der Waals surface area contributed by atoms with Crippen molar-refractivity contribution in [2.24, 2.45) is 5.41 Å². The van der Waals surface area contributed by atoms with Crippen LogP contribution in [0.5, 0.6) is 0 Å². The van der Waals surface area contributed by atoms with E-state index in [1.165, 1.54) is 0 Å². The molecule has 1 aliphatic carbocycles. The summed E-state index contributed by atoms with van der Waals surface area (Å²) in [5, 5.41) is 0.561. The summed E-state index contributed by atoms with van der Waals surface area (Å²) >= 11 is 6.34. The number of carbonyl (C=O) groups is 3. The van der Waals surface area contributed by atoms with Crippen LogP contribution in [0.15, 0.2) is 103 Å². The number of rotatable bonds is 6. The first-order valence-electron chi connectivity index (χ1n) is 15.5. The van der Waals surface area contributed by atoms with Crippen molar-refractivity contribution in [3.8, 4) is 11.3 Å². The lowest BCUT2D eigenvalue weighted by molar-refractivity contribution is -0.118. The zero-order chi connectivity index (χ0) is 32.2. The number of Topliss-reactive ketones (excluding diaryl/α,β-unsaturated/α-hetero) is 1. The molecule has 4 aromatic carbocycles. The number of halogens is 1. The second-order valence-electron chi connectivity index (χ2n) is 13.1. The van der Waals surface area contributed by atoms with E-state index in [2.05, 4.69) is 25.3 Å². The summed E-state index contributed by atoms with van der Waals surface area (Å²) in [6, 6.07) is 32.3. The zero-order valence-electron chi connectivity index (χ0n) is 26.0. The van der Waals surface area contributed by atoms with E-state index in [9.17, 15) is 14.4 Å². The molecule has 0 bridgehead atoms. The molecule has 1 N–H and O–H groups in total. The smallest absolute Gasteiger partial charge is 0.270 e. The molecule has 1 atom stereocenters. The Morgan fingerprint density at radius 1 is 0.891 bits per heavy atom. The van der Waals surface area contributed by atoms with Crippen molar-refractivity contribution in [1.29, 1.82) is 0 Å². The number of hydrogen-bond acceptors (Lipinski definition) is 3. The van der Waals surface area contributed by atoms with E-state index in [1.807, 2.05) is 84.6 Å². The largest absolute Gasteiger partial charge is 0.307 e. The van der Waals surface area contributed by atoms with E-state index in [0.29, 0.717) is 52.5 Å². The highest BCUT2D eigenvalue weighted by atomic mass is 35.5. The Bertz CT molecular complexity index is 2000. The van der Waals surface area contributed by atoms with Crippen molar-refractivity contribution >= 4 is 34.9 Å². The standard InChI is InChI=1S/C39H34ClN3O3/c1-24-14-19-30-29(20-24)33(38(46)42(30)23-25-10-6-4-7-11-25)35-34-31(21-39(2,3)22-32(34)44)43(36(35)26-15-17-28(40)18-16-26)41-37(45)27-12-8-5-9-13-27/h4-20,33H,21-23H2,1-3H3,(H,41,45)/t33-/m1/s1. The van der Waals surface area contributed by atoms with Gasteiger partial charge in [-0.2, -0.15) is 0 Å². The maximum atomic E-state index is 14.8. The SMILES string of the molecule is Cc1ccc2c(c1)[C@H](c1c3c(n(NC(=O)c4ccccc4)c1-c1ccc(Cl)cc1)CC(C)(C)CC3=O)C(=O)N2Cc1ccccc1. The van der Waals surface area contributed by atoms with Crippen LogP contribution in [0, 0.1) is 12.3 Å². The number of nitrogens with zero attached hydrogens (tertiary/aromatic N) is 2. The van der Waals surface area contributed by atoms with Gasteiger partial charge in [0.15, 0.2) is 5.78 Å². The Kier molecular flexibility index (Phi) is 7.41. The minimum Gasteiger partial charge on any atom is -0.307 e. The van der Waals surface area contributed by atoms with Crippen LogP contribution in [-0.4, -0.2) is 22.3 Å². The Hall–Kier alpha value is -4.94. The summed E-state index contributed by atoms with van der Waals surface area (Å²) < 4.78 is 1.77. The molecule has 7 heteroatoms. The van der Waals surface area contributed by atoms with Crippen molar-refractivity contribution in [3.63, 3.8) is 0 Å². The highest BCUT2D eigenvalue weighted by molar-refractivity contribution is 6.30. The molecule has 7 rings (SSSR count). The Balaban J connectivity index is 1.50. The van der Waals surface area contributed by atoms with Crippen LogP contribution in [-0.2, 0) is 17.8 Å². The Morgan fingerprint density at radius 2 is 1.57 bits per heavy atom. The normalized spacial score (nSPS) is 16.7. The average molecular weight is 628 g/mol. The number of nitrogens with one attached hydrogen (secondary N) is 1. The van der Waals surface area contributed by atoms with E-state index >= 15 is 0 Å². The molecular weight excluding hydrogens is 594 g/mol. The highest BCUT2D eigenvalue weighted by Gasteiger charge is 2.46. The second-order valence-corrected chi connectivity index (χ2v) is 13.5. The van der Waals surface area contributed by atoms with Crippen LogP contribution in [0.3, 0.4) is 0 Å². The monoisotopic (exact) mass is 627 g/mol. The molecule has 0 saturated carbocycles. The van der Waals surface area contributed by atoms with E-state index in [4.69, 9.17) is 11.6 Å². The molecule has 6 nitrogen and oxygen atoms in total. The van der Waals surface area contributed by atoms with Crippen LogP contribution in [0.2, 0.25) is 5.02 Å². The minimum absolute atomic E-state index is 0.0345. The molecule has 1 aromatic heterocycles. The summed E-state index contributed by atoms with van der Waals surface area (Å²) in [4.78, 5) is 44.6. The number of fused-ring (bicyclic) bond motifs is 2. The number of carbonyl (C=O) groups excluding carboxylic acids is 3. The van der Waals surface area contributed by atoms with Gasteiger partial charge in [0.05, 0.1) is 23.9 Å². The fourth-order valence-corrected chi connectivity index (χ4v) is 7.10. The Morgan fingerprint density at radius 3 is 2.26 bits per heavy atom. The second kappa shape index (κ2) is 11.5. The van der Waals surface area contributed by atoms with E-state index in [-0.39, 0.29) is 23.0 Å². The summed E-state index contributed by atoms with van der Waals surface area (Å²) in [5.41, 5.74) is 10.2. The topological polar surface area (TPSA) is 71.4 Å². The van der Waals surface area contributed by atoms with Gasteiger partial charge in [-0.25, -0.2) is 0 Å². The third-order valence-electron chi connectivity index (χ3n) is 9.01. The quantitative estimate of drug-likeness (QED) is 0.206. The molecule has 5 aromatic rings. The van der Waals surface area contributed by atoms with E-state index < -0.39 is 5.92 Å². The van der Waals surface area contributed by atoms with Crippen LogP contribution < -0.4 is 10.3 Å². The molecule has 2 amide bonds. The molecule has 0 saturated heterocycles. The lowest BCUT2D eigenvalue weighted by Crippen LogP contribution is -2.32. The molecule has 0 fully saturated rings. The van der Waals surface area contributed by atoms with Gasteiger partial charge in [0.1, 0.15) is 0 Å². The van der Waals surface area contributed by atoms with Gasteiger partial charge in [-0.1, -0.05) is 104 Å². The zero-order valence-corrected chi connectivity index (χ0v) is 26.8. The number of anilines is 1.